The third-order valence-corrected chi connectivity index (χ3v) is 5.90. The molecule has 0 saturated carbocycles. The van der Waals surface area contributed by atoms with Crippen LogP contribution in [0.15, 0.2) is 72.8 Å². The molecule has 1 N–H and O–H groups in total. The number of nitrogens with one attached hydrogen (secondary N) is 1. The van der Waals surface area contributed by atoms with E-state index >= 15 is 0 Å². The van der Waals surface area contributed by atoms with E-state index < -0.39 is 6.04 Å². The number of fused-ring (bicyclic) bond motifs is 3. The predicted molar refractivity (Wildman–Crippen MR) is 114 cm³/mol. The van der Waals surface area contributed by atoms with Gasteiger partial charge in [0.15, 0.2) is 0 Å². The molecule has 4 heteroatoms. The van der Waals surface area contributed by atoms with Crippen molar-refractivity contribution in [2.24, 2.45) is 0 Å². The maximum absolute atomic E-state index is 13.0. The molecule has 1 fully saturated rings. The van der Waals surface area contributed by atoms with E-state index in [1.165, 1.54) is 22.3 Å². The largest absolute Gasteiger partial charge is 0.327 e. The Morgan fingerprint density at radius 1 is 0.862 bits per heavy atom. The molecule has 1 saturated heterocycles. The summed E-state index contributed by atoms with van der Waals surface area (Å²) in [7, 11) is 0. The van der Waals surface area contributed by atoms with Gasteiger partial charge in [0, 0.05) is 17.8 Å². The molecule has 3 aromatic carbocycles. The number of nitrogens with zero attached hydrogens (tertiary/aromatic N) is 1. The van der Waals surface area contributed by atoms with Crippen LogP contribution in [0.3, 0.4) is 0 Å². The maximum Gasteiger partial charge on any atom is 0.254 e. The van der Waals surface area contributed by atoms with Crippen LogP contribution < -0.4 is 5.32 Å². The van der Waals surface area contributed by atoms with Crippen LogP contribution in [0.2, 0.25) is 0 Å². The lowest BCUT2D eigenvalue weighted by Crippen LogP contribution is -2.43. The first-order chi connectivity index (χ1) is 14.2. The van der Waals surface area contributed by atoms with Gasteiger partial charge >= 0.3 is 0 Å². The average molecular weight is 382 g/mol. The number of carbonyl (C=O) groups is 2. The van der Waals surface area contributed by atoms with Crippen LogP contribution in [-0.4, -0.2) is 29.3 Å². The summed E-state index contributed by atoms with van der Waals surface area (Å²) in [4.78, 5) is 27.5. The van der Waals surface area contributed by atoms with Gasteiger partial charge in [-0.05, 0) is 65.8 Å². The summed E-state index contributed by atoms with van der Waals surface area (Å²) in [5, 5.41) is 3.04. The molecule has 29 heavy (non-hydrogen) atoms. The Labute approximate surface area is 170 Å². The summed E-state index contributed by atoms with van der Waals surface area (Å²) in [6.07, 6.45) is 2.42. The van der Waals surface area contributed by atoms with E-state index in [1.807, 2.05) is 24.3 Å². The number of hydrogen-bond acceptors (Lipinski definition) is 2. The molecular formula is C25H22N2O2. The summed E-state index contributed by atoms with van der Waals surface area (Å²) >= 11 is 0. The van der Waals surface area contributed by atoms with Gasteiger partial charge in [-0.1, -0.05) is 48.5 Å². The molecule has 2 aliphatic rings. The number of hydrogen-bond donors (Lipinski definition) is 1. The van der Waals surface area contributed by atoms with E-state index in [2.05, 4.69) is 41.7 Å². The minimum atomic E-state index is -0.423. The molecule has 2 amide bonds. The van der Waals surface area contributed by atoms with Crippen LogP contribution in [0.5, 0.6) is 0 Å². The lowest BCUT2D eigenvalue weighted by atomic mass is 10.1. The van der Waals surface area contributed by atoms with Crippen LogP contribution in [0, 0.1) is 0 Å². The third-order valence-electron chi connectivity index (χ3n) is 5.90. The average Bonchev–Trinajstić information content (AvgIpc) is 3.38. The summed E-state index contributed by atoms with van der Waals surface area (Å²) in [5.41, 5.74) is 6.48. The predicted octanol–water partition coefficient (Wildman–Crippen LogP) is 4.50. The molecule has 1 heterocycles. The third kappa shape index (κ3) is 3.21. The van der Waals surface area contributed by atoms with Crippen LogP contribution in [-0.2, 0) is 11.2 Å². The second-order valence-corrected chi connectivity index (χ2v) is 7.72. The van der Waals surface area contributed by atoms with Crippen molar-refractivity contribution in [1.29, 1.82) is 0 Å². The van der Waals surface area contributed by atoms with Gasteiger partial charge in [0.1, 0.15) is 6.04 Å². The summed E-state index contributed by atoms with van der Waals surface area (Å²) in [6, 6.07) is 23.3. The van der Waals surface area contributed by atoms with Crippen molar-refractivity contribution >= 4 is 17.5 Å². The molecule has 1 atom stereocenters. The van der Waals surface area contributed by atoms with E-state index in [1.54, 1.807) is 17.0 Å². The maximum atomic E-state index is 13.0. The number of carbonyl (C=O) groups excluding carboxylic acids is 2. The fourth-order valence-electron chi connectivity index (χ4n) is 4.48. The van der Waals surface area contributed by atoms with Crippen molar-refractivity contribution in [2.45, 2.75) is 25.3 Å². The van der Waals surface area contributed by atoms with Crippen LogP contribution in [0.25, 0.3) is 11.1 Å². The lowest BCUT2D eigenvalue weighted by Gasteiger charge is -2.24. The van der Waals surface area contributed by atoms with Crippen LogP contribution in [0.4, 0.5) is 5.69 Å². The van der Waals surface area contributed by atoms with Crippen molar-refractivity contribution in [3.63, 3.8) is 0 Å². The van der Waals surface area contributed by atoms with Gasteiger partial charge in [0.05, 0.1) is 0 Å². The molecule has 3 aromatic rings. The van der Waals surface area contributed by atoms with Crippen molar-refractivity contribution in [3.8, 4) is 11.1 Å². The van der Waals surface area contributed by atoms with Crippen LogP contribution >= 0.6 is 0 Å². The second-order valence-electron chi connectivity index (χ2n) is 7.72. The quantitative estimate of drug-likeness (QED) is 0.567. The first kappa shape index (κ1) is 17.7. The van der Waals surface area contributed by atoms with Gasteiger partial charge in [0.2, 0.25) is 5.91 Å². The van der Waals surface area contributed by atoms with Gasteiger partial charge in [-0.2, -0.15) is 0 Å². The normalized spacial score (nSPS) is 17.0. The van der Waals surface area contributed by atoms with E-state index in [0.717, 1.165) is 18.5 Å². The van der Waals surface area contributed by atoms with Crippen LogP contribution in [0.1, 0.15) is 34.3 Å². The Balaban J connectivity index is 1.33. The molecule has 144 valence electrons. The first-order valence-electron chi connectivity index (χ1n) is 10.1. The molecule has 4 nitrogen and oxygen atoms in total. The molecule has 5 rings (SSSR count). The minimum absolute atomic E-state index is 0.0762. The zero-order valence-electron chi connectivity index (χ0n) is 16.1. The fraction of sp³-hybridized carbons (Fsp3) is 0.200. The number of amides is 2. The van der Waals surface area contributed by atoms with Gasteiger partial charge in [0.25, 0.3) is 5.91 Å². The molecule has 0 radical (unpaired) electrons. The van der Waals surface area contributed by atoms with E-state index in [0.29, 0.717) is 18.5 Å². The topological polar surface area (TPSA) is 49.4 Å². The standard InChI is InChI=1S/C25H22N2O2/c28-24(23-11-6-14-27(23)25(29)17-7-2-1-3-8-17)26-20-12-13-22-19(16-20)15-18-9-4-5-10-21(18)22/h1-5,7-10,12-13,16,23H,6,11,14-15H2,(H,26,28). The van der Waals surface area contributed by atoms with Crippen molar-refractivity contribution in [3.05, 3.63) is 89.5 Å². The lowest BCUT2D eigenvalue weighted by molar-refractivity contribution is -0.119. The van der Waals surface area contributed by atoms with E-state index in [4.69, 9.17) is 0 Å². The van der Waals surface area contributed by atoms with Gasteiger partial charge in [-0.15, -0.1) is 0 Å². The highest BCUT2D eigenvalue weighted by atomic mass is 16.2. The number of likely N-dealkylation sites (tertiary alicyclic amines) is 1. The number of rotatable bonds is 3. The van der Waals surface area contributed by atoms with Gasteiger partial charge in [-0.3, -0.25) is 9.59 Å². The first-order valence-corrected chi connectivity index (χ1v) is 10.1. The molecule has 1 aliphatic heterocycles. The minimum Gasteiger partial charge on any atom is -0.327 e. The molecular weight excluding hydrogens is 360 g/mol. The summed E-state index contributed by atoms with van der Waals surface area (Å²) < 4.78 is 0. The Hall–Kier alpha value is -3.40. The molecule has 0 aromatic heterocycles. The Morgan fingerprint density at radius 2 is 1.62 bits per heavy atom. The van der Waals surface area contributed by atoms with Crippen molar-refractivity contribution in [1.82, 2.24) is 4.90 Å². The Bertz CT molecular complexity index is 1090. The summed E-state index contributed by atoms with van der Waals surface area (Å²) in [6.45, 7) is 0.616. The van der Waals surface area contributed by atoms with Gasteiger partial charge < -0.3 is 10.2 Å². The monoisotopic (exact) mass is 382 g/mol. The number of benzene rings is 3. The summed E-state index contributed by atoms with van der Waals surface area (Å²) in [5.74, 6) is -0.185. The SMILES string of the molecule is O=C(Nc1ccc2c(c1)Cc1ccccc1-2)C1CCCN1C(=O)c1ccccc1. The molecule has 1 aliphatic carbocycles. The van der Waals surface area contributed by atoms with E-state index in [-0.39, 0.29) is 11.8 Å². The van der Waals surface area contributed by atoms with Gasteiger partial charge in [-0.25, -0.2) is 0 Å². The molecule has 0 bridgehead atoms. The number of anilines is 1. The molecule has 0 spiro atoms. The highest BCUT2D eigenvalue weighted by molar-refractivity contribution is 6.01. The van der Waals surface area contributed by atoms with Crippen molar-refractivity contribution < 1.29 is 9.59 Å². The molecule has 1 unspecified atom stereocenters. The van der Waals surface area contributed by atoms with E-state index in [9.17, 15) is 9.59 Å². The second kappa shape index (κ2) is 7.21. The Morgan fingerprint density at radius 3 is 2.48 bits per heavy atom. The zero-order chi connectivity index (χ0) is 19.8. The highest BCUT2D eigenvalue weighted by Gasteiger charge is 2.34. The zero-order valence-corrected chi connectivity index (χ0v) is 16.1. The Kier molecular flexibility index (Phi) is 4.39. The van der Waals surface area contributed by atoms with Crippen molar-refractivity contribution in [2.75, 3.05) is 11.9 Å². The smallest absolute Gasteiger partial charge is 0.254 e. The highest BCUT2D eigenvalue weighted by Crippen LogP contribution is 2.37. The fourth-order valence-corrected chi connectivity index (χ4v) is 4.48.